The Kier molecular flexibility index (Phi) is 7.20. The standard InChI is InChI=1S/C23H22F2N6O4S/c1-14(7-20-27-11-17(25)12-28-20)36(32,33)13-21-29-30-23(15-8-16(24)10-26-9-15)31(21)22-18(34-2)5-4-6-19(22)35-3/h4-6,8-12,14H,7,13H2,1-3H3/t14-/m1/s1. The van der Waals surface area contributed by atoms with Crippen LogP contribution in [-0.4, -0.2) is 57.6 Å². The zero-order chi connectivity index (χ0) is 25.9. The molecule has 0 radical (unpaired) electrons. The van der Waals surface area contributed by atoms with Crippen molar-refractivity contribution < 1.29 is 26.7 Å². The van der Waals surface area contributed by atoms with Crippen LogP contribution >= 0.6 is 0 Å². The number of benzene rings is 1. The highest BCUT2D eigenvalue weighted by Crippen LogP contribution is 2.36. The number of pyridine rings is 1. The fourth-order valence-corrected chi connectivity index (χ4v) is 4.80. The van der Waals surface area contributed by atoms with E-state index in [0.717, 1.165) is 18.6 Å². The van der Waals surface area contributed by atoms with Gasteiger partial charge in [0, 0.05) is 18.2 Å². The van der Waals surface area contributed by atoms with Gasteiger partial charge in [-0.15, -0.1) is 10.2 Å². The molecule has 0 fully saturated rings. The van der Waals surface area contributed by atoms with Crippen LogP contribution < -0.4 is 9.47 Å². The van der Waals surface area contributed by atoms with Crippen LogP contribution in [0.25, 0.3) is 17.1 Å². The Balaban J connectivity index is 1.81. The van der Waals surface area contributed by atoms with Gasteiger partial charge in [-0.2, -0.15) is 0 Å². The summed E-state index contributed by atoms with van der Waals surface area (Å²) in [5, 5.41) is 7.36. The number of hydrogen-bond acceptors (Lipinski definition) is 9. The number of sulfone groups is 1. The summed E-state index contributed by atoms with van der Waals surface area (Å²) in [5.41, 5.74) is 0.610. The second-order valence-corrected chi connectivity index (χ2v) is 10.2. The SMILES string of the molecule is COc1cccc(OC)c1-n1c(CS(=O)(=O)[C@H](C)Cc2ncc(F)cn2)nnc1-c1cncc(F)c1. The van der Waals surface area contributed by atoms with Gasteiger partial charge in [0.1, 0.15) is 34.6 Å². The van der Waals surface area contributed by atoms with E-state index >= 15 is 0 Å². The van der Waals surface area contributed by atoms with E-state index in [-0.39, 0.29) is 29.5 Å². The molecule has 3 aromatic heterocycles. The van der Waals surface area contributed by atoms with E-state index in [0.29, 0.717) is 17.2 Å². The molecule has 0 aliphatic rings. The minimum Gasteiger partial charge on any atom is -0.494 e. The maximum absolute atomic E-state index is 14.0. The molecule has 4 rings (SSSR count). The fourth-order valence-electron chi connectivity index (χ4n) is 3.57. The summed E-state index contributed by atoms with van der Waals surface area (Å²) in [4.78, 5) is 11.6. The summed E-state index contributed by atoms with van der Waals surface area (Å²) in [6.07, 6.45) is 4.35. The number of hydrogen-bond donors (Lipinski definition) is 0. The summed E-state index contributed by atoms with van der Waals surface area (Å²) in [5.74, 6) is -0.659. The van der Waals surface area contributed by atoms with Crippen LogP contribution in [0.2, 0.25) is 0 Å². The van der Waals surface area contributed by atoms with Gasteiger partial charge in [-0.05, 0) is 25.1 Å². The Morgan fingerprint density at radius 3 is 2.25 bits per heavy atom. The first kappa shape index (κ1) is 25.1. The Morgan fingerprint density at radius 2 is 1.64 bits per heavy atom. The van der Waals surface area contributed by atoms with Crippen molar-refractivity contribution in [2.75, 3.05) is 14.2 Å². The first-order valence-corrected chi connectivity index (χ1v) is 12.4. The molecular weight excluding hydrogens is 494 g/mol. The van der Waals surface area contributed by atoms with Crippen LogP contribution in [0.5, 0.6) is 11.5 Å². The van der Waals surface area contributed by atoms with Crippen molar-refractivity contribution >= 4 is 9.84 Å². The first-order valence-electron chi connectivity index (χ1n) is 10.7. The van der Waals surface area contributed by atoms with Crippen molar-refractivity contribution in [3.8, 4) is 28.6 Å². The monoisotopic (exact) mass is 516 g/mol. The zero-order valence-corrected chi connectivity index (χ0v) is 20.4. The van der Waals surface area contributed by atoms with Crippen LogP contribution in [0.3, 0.4) is 0 Å². The number of nitrogens with zero attached hydrogens (tertiary/aromatic N) is 6. The third-order valence-electron chi connectivity index (χ3n) is 5.41. The largest absolute Gasteiger partial charge is 0.494 e. The quantitative estimate of drug-likeness (QED) is 0.330. The molecule has 0 spiro atoms. The van der Waals surface area contributed by atoms with Gasteiger partial charge in [-0.3, -0.25) is 9.55 Å². The maximum atomic E-state index is 14.0. The molecule has 0 saturated heterocycles. The molecule has 1 atom stereocenters. The molecule has 0 aliphatic carbocycles. The molecular formula is C23H22F2N6O4S. The van der Waals surface area contributed by atoms with E-state index in [1.54, 1.807) is 18.2 Å². The van der Waals surface area contributed by atoms with Crippen LogP contribution in [0.4, 0.5) is 8.78 Å². The van der Waals surface area contributed by atoms with Gasteiger partial charge in [-0.25, -0.2) is 27.2 Å². The molecule has 3 heterocycles. The van der Waals surface area contributed by atoms with E-state index < -0.39 is 32.5 Å². The number of para-hydroxylation sites is 1. The van der Waals surface area contributed by atoms with Crippen molar-refractivity contribution in [1.29, 1.82) is 0 Å². The van der Waals surface area contributed by atoms with Crippen LogP contribution in [-0.2, 0) is 22.0 Å². The van der Waals surface area contributed by atoms with Crippen molar-refractivity contribution in [2.45, 2.75) is 24.3 Å². The zero-order valence-electron chi connectivity index (χ0n) is 19.6. The number of methoxy groups -OCH3 is 2. The molecule has 36 heavy (non-hydrogen) atoms. The van der Waals surface area contributed by atoms with Crippen LogP contribution in [0, 0.1) is 11.6 Å². The predicted octanol–water partition coefficient (Wildman–Crippen LogP) is 2.96. The lowest BCUT2D eigenvalue weighted by Gasteiger charge is -2.18. The van der Waals surface area contributed by atoms with Gasteiger partial charge < -0.3 is 9.47 Å². The molecule has 0 amide bonds. The molecule has 0 N–H and O–H groups in total. The minimum atomic E-state index is -3.84. The summed E-state index contributed by atoms with van der Waals surface area (Å²) < 4.78 is 66.2. The number of ether oxygens (including phenoxy) is 2. The predicted molar refractivity (Wildman–Crippen MR) is 125 cm³/mol. The lowest BCUT2D eigenvalue weighted by Crippen LogP contribution is -2.24. The third-order valence-corrected chi connectivity index (χ3v) is 7.46. The topological polar surface area (TPSA) is 122 Å². The fraction of sp³-hybridized carbons (Fsp3) is 0.261. The van der Waals surface area contributed by atoms with Crippen LogP contribution in [0.15, 0.2) is 49.1 Å². The number of halogens is 2. The van der Waals surface area contributed by atoms with Gasteiger partial charge in [0.2, 0.25) is 0 Å². The molecule has 13 heteroatoms. The van der Waals surface area contributed by atoms with Crippen molar-refractivity contribution in [1.82, 2.24) is 29.7 Å². The highest BCUT2D eigenvalue weighted by atomic mass is 32.2. The summed E-state index contributed by atoms with van der Waals surface area (Å²) in [7, 11) is -0.933. The van der Waals surface area contributed by atoms with Gasteiger partial charge in [0.25, 0.3) is 0 Å². The smallest absolute Gasteiger partial charge is 0.170 e. The molecule has 188 valence electrons. The summed E-state index contributed by atoms with van der Waals surface area (Å²) >= 11 is 0. The number of rotatable bonds is 9. The molecule has 0 unspecified atom stereocenters. The number of aromatic nitrogens is 6. The highest BCUT2D eigenvalue weighted by Gasteiger charge is 2.29. The molecule has 10 nitrogen and oxygen atoms in total. The Bertz CT molecular complexity index is 1460. The molecule has 0 saturated carbocycles. The second kappa shape index (κ2) is 10.3. The lowest BCUT2D eigenvalue weighted by molar-refractivity contribution is 0.391. The van der Waals surface area contributed by atoms with Gasteiger partial charge >= 0.3 is 0 Å². The molecule has 0 aliphatic heterocycles. The van der Waals surface area contributed by atoms with Crippen molar-refractivity contribution in [3.63, 3.8) is 0 Å². The average molecular weight is 517 g/mol. The van der Waals surface area contributed by atoms with E-state index in [9.17, 15) is 17.2 Å². The van der Waals surface area contributed by atoms with E-state index in [1.165, 1.54) is 38.0 Å². The first-order chi connectivity index (χ1) is 17.2. The summed E-state index contributed by atoms with van der Waals surface area (Å²) in [6, 6.07) is 6.24. The third kappa shape index (κ3) is 5.15. The van der Waals surface area contributed by atoms with Gasteiger partial charge in [0.15, 0.2) is 27.3 Å². The van der Waals surface area contributed by atoms with Gasteiger partial charge in [0.05, 0.1) is 38.1 Å². The Hall–Kier alpha value is -4.00. The minimum absolute atomic E-state index is 0.0323. The van der Waals surface area contributed by atoms with Crippen molar-refractivity contribution in [3.05, 3.63) is 72.3 Å². The highest BCUT2D eigenvalue weighted by molar-refractivity contribution is 7.91. The maximum Gasteiger partial charge on any atom is 0.170 e. The van der Waals surface area contributed by atoms with E-state index in [4.69, 9.17) is 9.47 Å². The van der Waals surface area contributed by atoms with E-state index in [1.807, 2.05) is 0 Å². The average Bonchev–Trinajstić information content (AvgIpc) is 3.27. The Labute approximate surface area is 205 Å². The Morgan fingerprint density at radius 1 is 0.972 bits per heavy atom. The lowest BCUT2D eigenvalue weighted by atomic mass is 10.2. The van der Waals surface area contributed by atoms with E-state index in [2.05, 4.69) is 25.1 Å². The van der Waals surface area contributed by atoms with Gasteiger partial charge in [-0.1, -0.05) is 6.07 Å². The molecule has 4 aromatic rings. The second-order valence-electron chi connectivity index (χ2n) is 7.82. The molecule has 0 bridgehead atoms. The normalized spacial score (nSPS) is 12.4. The summed E-state index contributed by atoms with van der Waals surface area (Å²) in [6.45, 7) is 1.50. The van der Waals surface area contributed by atoms with Crippen LogP contribution in [0.1, 0.15) is 18.6 Å². The molecule has 1 aromatic carbocycles. The van der Waals surface area contributed by atoms with Crippen molar-refractivity contribution in [2.24, 2.45) is 0 Å².